The molecular formula is C38H22N4S. The number of nitrogens with zero attached hydrogens (tertiary/aromatic N) is 4. The summed E-state index contributed by atoms with van der Waals surface area (Å²) in [6.07, 6.45) is 0. The largest absolute Gasteiger partial charge is 0.208 e. The van der Waals surface area contributed by atoms with Crippen molar-refractivity contribution in [1.82, 2.24) is 15.0 Å². The summed E-state index contributed by atoms with van der Waals surface area (Å²) in [6, 6.07) is 47.6. The van der Waals surface area contributed by atoms with E-state index < -0.39 is 0 Å². The molecule has 2 aromatic heterocycles. The molecule has 0 aliphatic carbocycles. The molecule has 0 bridgehead atoms. The zero-order valence-electron chi connectivity index (χ0n) is 22.9. The van der Waals surface area contributed by atoms with Gasteiger partial charge in [-0.15, -0.1) is 11.3 Å². The van der Waals surface area contributed by atoms with Crippen LogP contribution in [0.4, 0.5) is 0 Å². The lowest BCUT2D eigenvalue weighted by Crippen LogP contribution is -2.01. The highest BCUT2D eigenvalue weighted by molar-refractivity contribution is 7.25. The Morgan fingerprint density at radius 1 is 0.442 bits per heavy atom. The van der Waals surface area contributed by atoms with Crippen LogP contribution >= 0.6 is 11.3 Å². The van der Waals surface area contributed by atoms with Gasteiger partial charge in [0, 0.05) is 36.9 Å². The van der Waals surface area contributed by atoms with E-state index in [0.29, 0.717) is 23.0 Å². The normalized spacial score (nSPS) is 11.2. The third-order valence-electron chi connectivity index (χ3n) is 7.79. The van der Waals surface area contributed by atoms with Gasteiger partial charge in [0.15, 0.2) is 17.5 Å². The molecule has 8 aromatic rings. The van der Waals surface area contributed by atoms with E-state index in [1.165, 1.54) is 20.2 Å². The fraction of sp³-hybridized carbons (Fsp3) is 0. The van der Waals surface area contributed by atoms with Crippen LogP contribution in [0.1, 0.15) is 5.56 Å². The Labute approximate surface area is 252 Å². The first-order chi connectivity index (χ1) is 21.2. The molecule has 2 heterocycles. The molecule has 0 aliphatic rings. The van der Waals surface area contributed by atoms with E-state index in [1.54, 1.807) is 23.5 Å². The Hall–Kier alpha value is -5.70. The Morgan fingerprint density at radius 3 is 1.79 bits per heavy atom. The van der Waals surface area contributed by atoms with Gasteiger partial charge in [0.25, 0.3) is 0 Å². The number of nitriles is 1. The highest BCUT2D eigenvalue weighted by atomic mass is 32.1. The molecule has 8 rings (SSSR count). The molecule has 0 unspecified atom stereocenters. The molecule has 6 aromatic carbocycles. The van der Waals surface area contributed by atoms with Gasteiger partial charge in [-0.25, -0.2) is 15.0 Å². The van der Waals surface area contributed by atoms with Crippen LogP contribution in [0.15, 0.2) is 133 Å². The molecule has 0 aliphatic heterocycles. The van der Waals surface area contributed by atoms with Crippen molar-refractivity contribution in [2.24, 2.45) is 0 Å². The average Bonchev–Trinajstić information content (AvgIpc) is 3.46. The summed E-state index contributed by atoms with van der Waals surface area (Å²) >= 11 is 1.79. The molecule has 0 spiro atoms. The Kier molecular flexibility index (Phi) is 5.99. The molecular weight excluding hydrogens is 545 g/mol. The lowest BCUT2D eigenvalue weighted by molar-refractivity contribution is 1.08. The van der Waals surface area contributed by atoms with Crippen molar-refractivity contribution in [2.45, 2.75) is 0 Å². The summed E-state index contributed by atoms with van der Waals surface area (Å²) in [5.74, 6) is 1.78. The Balaban J connectivity index is 1.36. The van der Waals surface area contributed by atoms with Gasteiger partial charge in [-0.2, -0.15) is 5.26 Å². The van der Waals surface area contributed by atoms with E-state index in [4.69, 9.17) is 15.0 Å². The van der Waals surface area contributed by atoms with E-state index in [2.05, 4.69) is 109 Å². The van der Waals surface area contributed by atoms with Crippen molar-refractivity contribution in [1.29, 1.82) is 5.26 Å². The second-order valence-electron chi connectivity index (χ2n) is 10.4. The predicted molar refractivity (Wildman–Crippen MR) is 177 cm³/mol. The molecule has 4 nitrogen and oxygen atoms in total. The molecule has 0 N–H and O–H groups in total. The van der Waals surface area contributed by atoms with E-state index in [0.717, 1.165) is 38.6 Å². The van der Waals surface area contributed by atoms with Crippen molar-refractivity contribution in [3.63, 3.8) is 0 Å². The zero-order chi connectivity index (χ0) is 28.8. The number of aromatic nitrogens is 3. The SMILES string of the molecule is N#Cc1ccc(-c2nc(-c3ccc4sc5ccccc5c4c3)nc(-c3ccc(-c4ccccc4)c4ccccc34)n2)cc1. The summed E-state index contributed by atoms with van der Waals surface area (Å²) in [5, 5.41) is 14.0. The first-order valence-electron chi connectivity index (χ1n) is 14.0. The molecule has 0 saturated carbocycles. The highest BCUT2D eigenvalue weighted by Crippen LogP contribution is 2.38. The van der Waals surface area contributed by atoms with Crippen molar-refractivity contribution in [2.75, 3.05) is 0 Å². The van der Waals surface area contributed by atoms with Gasteiger partial charge in [-0.1, -0.05) is 78.9 Å². The first-order valence-corrected chi connectivity index (χ1v) is 14.8. The third kappa shape index (κ3) is 4.42. The summed E-state index contributed by atoms with van der Waals surface area (Å²) in [7, 11) is 0. The van der Waals surface area contributed by atoms with Crippen LogP contribution in [0.3, 0.4) is 0 Å². The minimum Gasteiger partial charge on any atom is -0.208 e. The molecule has 0 radical (unpaired) electrons. The number of fused-ring (bicyclic) bond motifs is 4. The van der Waals surface area contributed by atoms with Gasteiger partial charge in [-0.3, -0.25) is 0 Å². The highest BCUT2D eigenvalue weighted by Gasteiger charge is 2.17. The number of thiophene rings is 1. The third-order valence-corrected chi connectivity index (χ3v) is 8.94. The summed E-state index contributed by atoms with van der Waals surface area (Å²) in [5.41, 5.74) is 5.62. The summed E-state index contributed by atoms with van der Waals surface area (Å²) in [6.45, 7) is 0. The van der Waals surface area contributed by atoms with Gasteiger partial charge in [0.05, 0.1) is 11.6 Å². The van der Waals surface area contributed by atoms with E-state index >= 15 is 0 Å². The van der Waals surface area contributed by atoms with Gasteiger partial charge < -0.3 is 0 Å². The van der Waals surface area contributed by atoms with Gasteiger partial charge in [-0.05, 0) is 76.5 Å². The second-order valence-corrected chi connectivity index (χ2v) is 11.5. The Morgan fingerprint density at radius 2 is 1.02 bits per heavy atom. The van der Waals surface area contributed by atoms with Crippen molar-refractivity contribution in [3.05, 3.63) is 139 Å². The maximum Gasteiger partial charge on any atom is 0.164 e. The van der Waals surface area contributed by atoms with Crippen molar-refractivity contribution < 1.29 is 0 Å². The summed E-state index contributed by atoms with van der Waals surface area (Å²) in [4.78, 5) is 15.1. The second kappa shape index (κ2) is 10.3. The standard InChI is InChI=1S/C38H22N4S/c39-23-24-14-16-26(17-15-24)36-40-37(27-18-21-35-33(22-27)31-12-6-7-13-34(31)43-35)42-38(41-36)32-20-19-28(25-8-2-1-3-9-25)29-10-4-5-11-30(29)32/h1-22H. The monoisotopic (exact) mass is 566 g/mol. The van der Waals surface area contributed by atoms with Crippen LogP contribution < -0.4 is 0 Å². The lowest BCUT2D eigenvalue weighted by atomic mass is 9.94. The average molecular weight is 567 g/mol. The fourth-order valence-electron chi connectivity index (χ4n) is 5.68. The van der Waals surface area contributed by atoms with Crippen LogP contribution in [0.25, 0.3) is 76.2 Å². The smallest absolute Gasteiger partial charge is 0.164 e. The number of benzene rings is 6. The Bertz CT molecular complexity index is 2350. The van der Waals surface area contributed by atoms with Gasteiger partial charge >= 0.3 is 0 Å². The van der Waals surface area contributed by atoms with Crippen LogP contribution in [0, 0.1) is 11.3 Å². The molecule has 0 amide bonds. The molecule has 200 valence electrons. The minimum absolute atomic E-state index is 0.566. The summed E-state index contributed by atoms with van der Waals surface area (Å²) < 4.78 is 2.49. The van der Waals surface area contributed by atoms with Crippen LogP contribution in [0.2, 0.25) is 0 Å². The van der Waals surface area contributed by atoms with Crippen molar-refractivity contribution in [3.8, 4) is 51.4 Å². The maximum atomic E-state index is 9.34. The molecule has 5 heteroatoms. The molecule has 0 atom stereocenters. The van der Waals surface area contributed by atoms with Gasteiger partial charge in [0.1, 0.15) is 0 Å². The lowest BCUT2D eigenvalue weighted by Gasteiger charge is -2.13. The van der Waals surface area contributed by atoms with Crippen LogP contribution in [-0.2, 0) is 0 Å². The fourth-order valence-corrected chi connectivity index (χ4v) is 6.76. The quantitative estimate of drug-likeness (QED) is 0.213. The molecule has 0 saturated heterocycles. The van der Waals surface area contributed by atoms with Crippen molar-refractivity contribution >= 4 is 42.3 Å². The molecule has 43 heavy (non-hydrogen) atoms. The minimum atomic E-state index is 0.566. The number of hydrogen-bond donors (Lipinski definition) is 0. The van der Waals surface area contributed by atoms with Crippen LogP contribution in [-0.4, -0.2) is 15.0 Å². The van der Waals surface area contributed by atoms with E-state index in [-0.39, 0.29) is 0 Å². The first kappa shape index (κ1) is 25.0. The maximum absolute atomic E-state index is 9.34. The molecule has 0 fully saturated rings. The van der Waals surface area contributed by atoms with E-state index in [1.807, 2.05) is 18.2 Å². The number of rotatable bonds is 4. The topological polar surface area (TPSA) is 62.5 Å². The van der Waals surface area contributed by atoms with E-state index in [9.17, 15) is 5.26 Å². The van der Waals surface area contributed by atoms with Gasteiger partial charge in [0.2, 0.25) is 0 Å². The predicted octanol–water partition coefficient (Wildman–Crippen LogP) is 9.93. The van der Waals surface area contributed by atoms with Crippen LogP contribution in [0.5, 0.6) is 0 Å². The number of hydrogen-bond acceptors (Lipinski definition) is 5. The zero-order valence-corrected chi connectivity index (χ0v) is 23.7.